The number of nitrogens with two attached hydrogens (primary N) is 1. The molecular formula is C10H14ClNS. The maximum Gasteiger partial charge on any atom is 0.0590 e. The van der Waals surface area contributed by atoms with Gasteiger partial charge in [0.25, 0.3) is 0 Å². The van der Waals surface area contributed by atoms with Crippen LogP contribution in [0.2, 0.25) is 5.02 Å². The molecule has 2 N–H and O–H groups in total. The molecule has 0 saturated heterocycles. The fraction of sp³-hybridized carbons (Fsp3) is 0.400. The first-order valence-corrected chi connectivity index (χ1v) is 5.52. The zero-order valence-electron chi connectivity index (χ0n) is 7.72. The van der Waals surface area contributed by atoms with E-state index in [0.29, 0.717) is 0 Å². The van der Waals surface area contributed by atoms with Crippen LogP contribution in [0.15, 0.2) is 18.0 Å². The van der Waals surface area contributed by atoms with Gasteiger partial charge in [0.2, 0.25) is 0 Å². The van der Waals surface area contributed by atoms with E-state index in [0.717, 1.165) is 28.3 Å². The van der Waals surface area contributed by atoms with Crippen molar-refractivity contribution in [2.24, 2.45) is 5.73 Å². The molecule has 1 heterocycles. The van der Waals surface area contributed by atoms with E-state index in [1.54, 1.807) is 11.3 Å². The molecule has 0 fully saturated rings. The van der Waals surface area contributed by atoms with Crippen LogP contribution in [0.1, 0.15) is 29.3 Å². The average molecular weight is 216 g/mol. The van der Waals surface area contributed by atoms with Gasteiger partial charge in [0.05, 0.1) is 5.02 Å². The highest BCUT2D eigenvalue weighted by Crippen LogP contribution is 2.33. The summed E-state index contributed by atoms with van der Waals surface area (Å²) in [7, 11) is 0. The quantitative estimate of drug-likeness (QED) is 0.762. The molecular weight excluding hydrogens is 202 g/mol. The molecule has 72 valence electrons. The molecule has 1 aromatic rings. The van der Waals surface area contributed by atoms with Crippen molar-refractivity contribution < 1.29 is 0 Å². The number of hydrogen-bond acceptors (Lipinski definition) is 2. The van der Waals surface area contributed by atoms with E-state index in [1.807, 2.05) is 18.4 Å². The molecule has 0 amide bonds. The highest BCUT2D eigenvalue weighted by atomic mass is 35.5. The van der Waals surface area contributed by atoms with Crippen LogP contribution in [0.4, 0.5) is 0 Å². The summed E-state index contributed by atoms with van der Waals surface area (Å²) in [6.45, 7) is 5.67. The van der Waals surface area contributed by atoms with E-state index in [1.165, 1.54) is 0 Å². The van der Waals surface area contributed by atoms with Crippen molar-refractivity contribution in [2.45, 2.75) is 25.8 Å². The van der Waals surface area contributed by atoms with Gasteiger partial charge in [-0.15, -0.1) is 17.9 Å². The lowest BCUT2D eigenvalue weighted by atomic mass is 10.1. The standard InChI is InChI=1S/C10H14ClNS/c1-3-4-5-8(12)10-9(11)7(2)6-13-10/h3,6,8H,1,4-5,12H2,2H3. The van der Waals surface area contributed by atoms with Gasteiger partial charge in [-0.1, -0.05) is 17.7 Å². The largest absolute Gasteiger partial charge is 0.323 e. The van der Waals surface area contributed by atoms with Gasteiger partial charge in [-0.25, -0.2) is 0 Å². The Bertz CT molecular complexity index is 293. The second-order valence-electron chi connectivity index (χ2n) is 3.07. The van der Waals surface area contributed by atoms with Gasteiger partial charge >= 0.3 is 0 Å². The Morgan fingerprint density at radius 1 is 1.77 bits per heavy atom. The maximum absolute atomic E-state index is 6.09. The van der Waals surface area contributed by atoms with E-state index in [4.69, 9.17) is 17.3 Å². The normalized spacial score (nSPS) is 12.8. The number of thiophene rings is 1. The van der Waals surface area contributed by atoms with Crippen molar-refractivity contribution in [3.8, 4) is 0 Å². The van der Waals surface area contributed by atoms with E-state index in [-0.39, 0.29) is 6.04 Å². The fourth-order valence-electron chi connectivity index (χ4n) is 1.13. The lowest BCUT2D eigenvalue weighted by Crippen LogP contribution is -2.08. The molecule has 3 heteroatoms. The van der Waals surface area contributed by atoms with Crippen LogP contribution in [0.3, 0.4) is 0 Å². The fourth-order valence-corrected chi connectivity index (χ4v) is 2.50. The van der Waals surface area contributed by atoms with Crippen molar-refractivity contribution in [1.82, 2.24) is 0 Å². The third-order valence-electron chi connectivity index (χ3n) is 1.94. The van der Waals surface area contributed by atoms with Gasteiger partial charge in [0.15, 0.2) is 0 Å². The predicted molar refractivity (Wildman–Crippen MR) is 60.4 cm³/mol. The van der Waals surface area contributed by atoms with Crippen LogP contribution in [0.25, 0.3) is 0 Å². The average Bonchev–Trinajstić information content (AvgIpc) is 2.44. The molecule has 1 unspecified atom stereocenters. The van der Waals surface area contributed by atoms with Gasteiger partial charge in [0, 0.05) is 10.9 Å². The zero-order chi connectivity index (χ0) is 9.84. The maximum atomic E-state index is 6.09. The van der Waals surface area contributed by atoms with Crippen LogP contribution in [-0.2, 0) is 0 Å². The monoisotopic (exact) mass is 215 g/mol. The number of allylic oxidation sites excluding steroid dienone is 1. The SMILES string of the molecule is C=CCCC(N)c1scc(C)c1Cl. The molecule has 0 radical (unpaired) electrons. The van der Waals surface area contributed by atoms with Crippen molar-refractivity contribution in [1.29, 1.82) is 0 Å². The minimum absolute atomic E-state index is 0.0594. The Kier molecular flexibility index (Phi) is 3.97. The lowest BCUT2D eigenvalue weighted by molar-refractivity contribution is 0.673. The van der Waals surface area contributed by atoms with E-state index in [9.17, 15) is 0 Å². The van der Waals surface area contributed by atoms with Gasteiger partial charge in [-0.3, -0.25) is 0 Å². The Morgan fingerprint density at radius 3 is 2.92 bits per heavy atom. The topological polar surface area (TPSA) is 26.0 Å². The van der Waals surface area contributed by atoms with Gasteiger partial charge < -0.3 is 5.73 Å². The van der Waals surface area contributed by atoms with Gasteiger partial charge in [-0.2, -0.15) is 0 Å². The number of aryl methyl sites for hydroxylation is 1. The number of halogens is 1. The van der Waals surface area contributed by atoms with Crippen molar-refractivity contribution in [2.75, 3.05) is 0 Å². The smallest absolute Gasteiger partial charge is 0.0590 e. The lowest BCUT2D eigenvalue weighted by Gasteiger charge is -2.08. The summed E-state index contributed by atoms with van der Waals surface area (Å²) in [5, 5.41) is 2.88. The summed E-state index contributed by atoms with van der Waals surface area (Å²) >= 11 is 7.73. The van der Waals surface area contributed by atoms with Gasteiger partial charge in [0.1, 0.15) is 0 Å². The summed E-state index contributed by atoms with van der Waals surface area (Å²) in [5.41, 5.74) is 7.09. The minimum atomic E-state index is 0.0594. The van der Waals surface area contributed by atoms with Crippen LogP contribution >= 0.6 is 22.9 Å². The molecule has 0 aliphatic heterocycles. The summed E-state index contributed by atoms with van der Waals surface area (Å²) in [6.07, 6.45) is 3.74. The third-order valence-corrected chi connectivity index (χ3v) is 3.79. The van der Waals surface area contributed by atoms with Crippen LogP contribution in [0.5, 0.6) is 0 Å². The summed E-state index contributed by atoms with van der Waals surface area (Å²) in [4.78, 5) is 1.10. The molecule has 0 spiro atoms. The molecule has 1 atom stereocenters. The van der Waals surface area contributed by atoms with Gasteiger partial charge in [-0.05, 0) is 30.7 Å². The first-order valence-electron chi connectivity index (χ1n) is 4.26. The third kappa shape index (κ3) is 2.56. The number of rotatable bonds is 4. The second-order valence-corrected chi connectivity index (χ2v) is 4.36. The Morgan fingerprint density at radius 2 is 2.46 bits per heavy atom. The predicted octanol–water partition coefficient (Wildman–Crippen LogP) is 3.68. The molecule has 0 aromatic carbocycles. The Hall–Kier alpha value is -0.310. The molecule has 0 aliphatic rings. The molecule has 13 heavy (non-hydrogen) atoms. The van der Waals surface area contributed by atoms with Crippen molar-refractivity contribution in [3.05, 3.63) is 33.5 Å². The van der Waals surface area contributed by atoms with Crippen molar-refractivity contribution in [3.63, 3.8) is 0 Å². The summed E-state index contributed by atoms with van der Waals surface area (Å²) in [6, 6.07) is 0.0594. The van der Waals surface area contributed by atoms with E-state index in [2.05, 4.69) is 6.58 Å². The zero-order valence-corrected chi connectivity index (χ0v) is 9.29. The summed E-state index contributed by atoms with van der Waals surface area (Å²) in [5.74, 6) is 0. The number of hydrogen-bond donors (Lipinski definition) is 1. The highest BCUT2D eigenvalue weighted by molar-refractivity contribution is 7.10. The summed E-state index contributed by atoms with van der Waals surface area (Å²) < 4.78 is 0. The molecule has 0 aliphatic carbocycles. The second kappa shape index (κ2) is 4.80. The molecule has 0 bridgehead atoms. The molecule has 0 saturated carbocycles. The molecule has 1 aromatic heterocycles. The first-order chi connectivity index (χ1) is 6.16. The Labute approximate surface area is 88.2 Å². The van der Waals surface area contributed by atoms with E-state index < -0.39 is 0 Å². The van der Waals surface area contributed by atoms with Crippen LogP contribution < -0.4 is 5.73 Å². The Balaban J connectivity index is 2.70. The van der Waals surface area contributed by atoms with Crippen molar-refractivity contribution >= 4 is 22.9 Å². The molecule has 1 rings (SSSR count). The minimum Gasteiger partial charge on any atom is -0.323 e. The van der Waals surface area contributed by atoms with Crippen LogP contribution in [0, 0.1) is 6.92 Å². The molecule has 1 nitrogen and oxygen atoms in total. The van der Waals surface area contributed by atoms with E-state index >= 15 is 0 Å². The van der Waals surface area contributed by atoms with Crippen LogP contribution in [-0.4, -0.2) is 0 Å². The first kappa shape index (κ1) is 10.8. The highest BCUT2D eigenvalue weighted by Gasteiger charge is 2.12.